The fourth-order valence-corrected chi connectivity index (χ4v) is 1.84. The van der Waals surface area contributed by atoms with E-state index in [2.05, 4.69) is 30.5 Å². The molecule has 0 spiro atoms. The summed E-state index contributed by atoms with van der Waals surface area (Å²) in [6.07, 6.45) is 2.80. The molecule has 3 aromatic rings. The van der Waals surface area contributed by atoms with Crippen molar-refractivity contribution in [1.82, 2.24) is 19.9 Å². The first-order valence-corrected chi connectivity index (χ1v) is 6.27. The number of fused-ring (bicyclic) bond motifs is 1. The van der Waals surface area contributed by atoms with Gasteiger partial charge in [-0.3, -0.25) is 4.79 Å². The molecule has 0 fully saturated rings. The van der Waals surface area contributed by atoms with Crippen molar-refractivity contribution in [2.24, 2.45) is 5.10 Å². The van der Waals surface area contributed by atoms with E-state index in [9.17, 15) is 9.90 Å². The Morgan fingerprint density at radius 3 is 3.09 bits per heavy atom. The van der Waals surface area contributed by atoms with Gasteiger partial charge in [-0.1, -0.05) is 0 Å². The van der Waals surface area contributed by atoms with Crippen LogP contribution in [0.3, 0.4) is 0 Å². The van der Waals surface area contributed by atoms with Gasteiger partial charge in [-0.05, 0) is 23.8 Å². The first kappa shape index (κ1) is 13.6. The highest BCUT2D eigenvalue weighted by atomic mass is 16.5. The second kappa shape index (κ2) is 5.56. The van der Waals surface area contributed by atoms with Crippen molar-refractivity contribution >= 4 is 23.3 Å². The molecule has 9 nitrogen and oxygen atoms in total. The molecule has 1 aromatic carbocycles. The number of aromatic hydroxyl groups is 1. The van der Waals surface area contributed by atoms with Crippen LogP contribution in [0.25, 0.3) is 11.2 Å². The average Bonchev–Trinajstić information content (AvgIpc) is 2.93. The molecule has 112 valence electrons. The number of anilines is 1. The van der Waals surface area contributed by atoms with Gasteiger partial charge in [0, 0.05) is 0 Å². The molecule has 0 bridgehead atoms. The fourth-order valence-electron chi connectivity index (χ4n) is 1.84. The number of ether oxygens (including phenoxy) is 1. The first-order valence-electron chi connectivity index (χ1n) is 6.27. The molecule has 2 heterocycles. The van der Waals surface area contributed by atoms with Gasteiger partial charge in [-0.25, -0.2) is 10.4 Å². The lowest BCUT2D eigenvalue weighted by molar-refractivity contribution is 0.373. The van der Waals surface area contributed by atoms with E-state index in [1.807, 2.05) is 0 Å². The Kier molecular flexibility index (Phi) is 3.44. The molecule has 4 N–H and O–H groups in total. The monoisotopic (exact) mass is 300 g/mol. The molecule has 22 heavy (non-hydrogen) atoms. The predicted molar refractivity (Wildman–Crippen MR) is 80.4 cm³/mol. The molecule has 0 aliphatic rings. The second-order valence-corrected chi connectivity index (χ2v) is 4.32. The Balaban J connectivity index is 1.78. The summed E-state index contributed by atoms with van der Waals surface area (Å²) in [4.78, 5) is 24.7. The van der Waals surface area contributed by atoms with E-state index in [4.69, 9.17) is 4.74 Å². The van der Waals surface area contributed by atoms with E-state index in [0.29, 0.717) is 22.9 Å². The number of phenolic OH excluding ortho intramolecular Hbond substituents is 1. The molecule has 0 saturated carbocycles. The highest BCUT2D eigenvalue weighted by molar-refractivity contribution is 5.81. The number of phenols is 1. The average molecular weight is 300 g/mol. The number of aromatic amines is 2. The summed E-state index contributed by atoms with van der Waals surface area (Å²) < 4.78 is 5.01. The van der Waals surface area contributed by atoms with Crippen LogP contribution in [0.15, 0.2) is 34.4 Å². The minimum Gasteiger partial charge on any atom is -0.504 e. The Morgan fingerprint density at radius 2 is 2.32 bits per heavy atom. The number of rotatable bonds is 4. The van der Waals surface area contributed by atoms with Crippen molar-refractivity contribution in [2.75, 3.05) is 12.5 Å². The van der Waals surface area contributed by atoms with Gasteiger partial charge in [0.2, 0.25) is 5.95 Å². The number of hydrazone groups is 1. The van der Waals surface area contributed by atoms with Gasteiger partial charge in [-0.15, -0.1) is 0 Å². The van der Waals surface area contributed by atoms with Gasteiger partial charge in [0.1, 0.15) is 0 Å². The van der Waals surface area contributed by atoms with E-state index in [-0.39, 0.29) is 16.8 Å². The maximum absolute atomic E-state index is 11.5. The quantitative estimate of drug-likeness (QED) is 0.417. The van der Waals surface area contributed by atoms with Crippen molar-refractivity contribution in [3.63, 3.8) is 0 Å². The third-order valence-corrected chi connectivity index (χ3v) is 2.88. The zero-order chi connectivity index (χ0) is 15.5. The second-order valence-electron chi connectivity index (χ2n) is 4.32. The number of nitrogens with one attached hydrogen (secondary N) is 3. The fraction of sp³-hybridized carbons (Fsp3) is 0.0769. The Bertz CT molecular complexity index is 898. The number of hydrogen-bond donors (Lipinski definition) is 4. The lowest BCUT2D eigenvalue weighted by Crippen LogP contribution is -2.05. The van der Waals surface area contributed by atoms with E-state index in [1.165, 1.54) is 25.7 Å². The summed E-state index contributed by atoms with van der Waals surface area (Å²) in [6.45, 7) is 0. The van der Waals surface area contributed by atoms with Crippen LogP contribution in [0.4, 0.5) is 5.95 Å². The number of methoxy groups -OCH3 is 1. The minimum absolute atomic E-state index is 0.0511. The topological polar surface area (TPSA) is 128 Å². The SMILES string of the molecule is COc1cc(/C=N\Nc2nc3nc[nH]c(=O)c3[nH]2)ccc1O. The van der Waals surface area contributed by atoms with Crippen LogP contribution < -0.4 is 15.7 Å². The molecule has 0 aliphatic heterocycles. The number of imidazole rings is 1. The highest BCUT2D eigenvalue weighted by Gasteiger charge is 2.05. The molecule has 9 heteroatoms. The molecule has 2 aromatic heterocycles. The van der Waals surface area contributed by atoms with E-state index in [0.717, 1.165) is 0 Å². The highest BCUT2D eigenvalue weighted by Crippen LogP contribution is 2.25. The van der Waals surface area contributed by atoms with Gasteiger partial charge in [0.15, 0.2) is 22.7 Å². The summed E-state index contributed by atoms with van der Waals surface area (Å²) in [5.41, 5.74) is 3.65. The third-order valence-electron chi connectivity index (χ3n) is 2.88. The smallest absolute Gasteiger partial charge is 0.276 e. The lowest BCUT2D eigenvalue weighted by atomic mass is 10.2. The van der Waals surface area contributed by atoms with Crippen LogP contribution in [-0.2, 0) is 0 Å². The zero-order valence-corrected chi connectivity index (χ0v) is 11.5. The number of aromatic nitrogens is 4. The van der Waals surface area contributed by atoms with Gasteiger partial charge >= 0.3 is 0 Å². The number of H-pyrrole nitrogens is 2. The molecular formula is C13H12N6O3. The zero-order valence-electron chi connectivity index (χ0n) is 11.5. The van der Waals surface area contributed by atoms with Gasteiger partial charge < -0.3 is 19.8 Å². The maximum atomic E-state index is 11.5. The van der Waals surface area contributed by atoms with E-state index >= 15 is 0 Å². The van der Waals surface area contributed by atoms with Gasteiger partial charge in [-0.2, -0.15) is 10.1 Å². The molecule has 0 unspecified atom stereocenters. The van der Waals surface area contributed by atoms with E-state index in [1.54, 1.807) is 12.1 Å². The van der Waals surface area contributed by atoms with Crippen molar-refractivity contribution < 1.29 is 9.84 Å². The van der Waals surface area contributed by atoms with Crippen LogP contribution in [-0.4, -0.2) is 38.4 Å². The van der Waals surface area contributed by atoms with Crippen molar-refractivity contribution in [1.29, 1.82) is 0 Å². The Morgan fingerprint density at radius 1 is 1.45 bits per heavy atom. The first-order chi connectivity index (χ1) is 10.7. The summed E-state index contributed by atoms with van der Waals surface area (Å²) in [6, 6.07) is 4.81. The molecule has 0 atom stereocenters. The summed E-state index contributed by atoms with van der Waals surface area (Å²) >= 11 is 0. The summed E-state index contributed by atoms with van der Waals surface area (Å²) in [5.74, 6) is 0.694. The molecule has 0 saturated heterocycles. The Labute approximate surface area is 123 Å². The molecule has 0 amide bonds. The van der Waals surface area contributed by atoms with Crippen molar-refractivity contribution in [2.45, 2.75) is 0 Å². The predicted octanol–water partition coefficient (Wildman–Crippen LogP) is 0.806. The van der Waals surface area contributed by atoms with Crippen LogP contribution in [0.2, 0.25) is 0 Å². The molecular weight excluding hydrogens is 288 g/mol. The standard InChI is InChI=1S/C13H12N6O3/c1-22-9-4-7(2-3-8(9)20)5-16-19-13-17-10-11(18-13)14-6-15-12(10)21/h2-6,20H,1H3,(H3,14,15,17,18,19,21)/b16-5-. The summed E-state index contributed by atoms with van der Waals surface area (Å²) in [5, 5.41) is 13.5. The van der Waals surface area contributed by atoms with Crippen molar-refractivity contribution in [3.8, 4) is 11.5 Å². The normalized spacial score (nSPS) is 11.1. The molecule has 3 rings (SSSR count). The third kappa shape index (κ3) is 2.59. The summed E-state index contributed by atoms with van der Waals surface area (Å²) in [7, 11) is 1.47. The Hall–Kier alpha value is -3.36. The van der Waals surface area contributed by atoms with Gasteiger partial charge in [0.25, 0.3) is 5.56 Å². The lowest BCUT2D eigenvalue weighted by Gasteiger charge is -2.03. The number of benzene rings is 1. The molecule has 0 aliphatic carbocycles. The van der Waals surface area contributed by atoms with Crippen LogP contribution in [0, 0.1) is 0 Å². The van der Waals surface area contributed by atoms with Crippen LogP contribution in [0.5, 0.6) is 11.5 Å². The number of nitrogens with zero attached hydrogens (tertiary/aromatic N) is 3. The van der Waals surface area contributed by atoms with E-state index < -0.39 is 0 Å². The number of hydrogen-bond acceptors (Lipinski definition) is 7. The molecule has 0 radical (unpaired) electrons. The maximum Gasteiger partial charge on any atom is 0.276 e. The minimum atomic E-state index is -0.308. The van der Waals surface area contributed by atoms with Crippen molar-refractivity contribution in [3.05, 3.63) is 40.4 Å². The van der Waals surface area contributed by atoms with Gasteiger partial charge in [0.05, 0.1) is 19.7 Å². The van der Waals surface area contributed by atoms with Crippen LogP contribution >= 0.6 is 0 Å². The van der Waals surface area contributed by atoms with Crippen LogP contribution in [0.1, 0.15) is 5.56 Å². The largest absolute Gasteiger partial charge is 0.504 e.